The fourth-order valence-corrected chi connectivity index (χ4v) is 3.38. The third-order valence-electron chi connectivity index (χ3n) is 4.66. The minimum absolute atomic E-state index is 0.347. The second-order valence-corrected chi connectivity index (χ2v) is 6.30. The van der Waals surface area contributed by atoms with Crippen molar-refractivity contribution in [3.05, 3.63) is 70.5 Å². The largest absolute Gasteiger partial charge is 0.385 e. The minimum atomic E-state index is -1.20. The molecule has 3 aromatic rings. The topological polar surface area (TPSA) is 37.5 Å². The van der Waals surface area contributed by atoms with E-state index in [1.54, 1.807) is 0 Å². The van der Waals surface area contributed by atoms with E-state index in [4.69, 9.17) is 0 Å². The standard InChI is InChI=1S/C18H16F2N2O/c1-11-2-5-17-13-9-18(23,7-6-16(13)21-22(17)10-11)12-3-4-14(19)15(20)8-12/h2-5,8,10,23H,6-7,9H2,1H3. The number of aromatic nitrogens is 2. The van der Waals surface area contributed by atoms with Crippen molar-refractivity contribution in [3.8, 4) is 0 Å². The number of benzene rings is 1. The molecule has 0 saturated carbocycles. The van der Waals surface area contributed by atoms with Crippen molar-refractivity contribution in [3.63, 3.8) is 0 Å². The monoisotopic (exact) mass is 314 g/mol. The number of hydrogen-bond acceptors (Lipinski definition) is 2. The van der Waals surface area contributed by atoms with Gasteiger partial charge in [-0.05, 0) is 49.1 Å². The van der Waals surface area contributed by atoms with Crippen LogP contribution >= 0.6 is 0 Å². The van der Waals surface area contributed by atoms with E-state index < -0.39 is 17.2 Å². The highest BCUT2D eigenvalue weighted by Crippen LogP contribution is 2.38. The van der Waals surface area contributed by atoms with E-state index in [1.807, 2.05) is 29.8 Å². The Balaban J connectivity index is 1.80. The maximum absolute atomic E-state index is 13.5. The Bertz CT molecular complexity index is 919. The number of fused-ring (bicyclic) bond motifs is 3. The molecule has 0 saturated heterocycles. The lowest BCUT2D eigenvalue weighted by molar-refractivity contribution is 0.0219. The Morgan fingerprint density at radius 3 is 2.78 bits per heavy atom. The summed E-state index contributed by atoms with van der Waals surface area (Å²) in [5.41, 5.74) is 3.20. The van der Waals surface area contributed by atoms with Crippen LogP contribution < -0.4 is 0 Å². The van der Waals surface area contributed by atoms with Crippen LogP contribution in [0.5, 0.6) is 0 Å². The van der Waals surface area contributed by atoms with Gasteiger partial charge in [0, 0.05) is 18.2 Å². The Hall–Kier alpha value is -2.27. The molecule has 5 heteroatoms. The summed E-state index contributed by atoms with van der Waals surface area (Å²) in [6.07, 6.45) is 3.34. The van der Waals surface area contributed by atoms with E-state index in [9.17, 15) is 13.9 Å². The van der Waals surface area contributed by atoms with E-state index in [-0.39, 0.29) is 0 Å². The first kappa shape index (κ1) is 14.3. The summed E-state index contributed by atoms with van der Waals surface area (Å²) in [5, 5.41) is 15.6. The van der Waals surface area contributed by atoms with Crippen molar-refractivity contribution in [2.45, 2.75) is 31.8 Å². The first-order valence-electron chi connectivity index (χ1n) is 7.61. The maximum Gasteiger partial charge on any atom is 0.159 e. The summed E-state index contributed by atoms with van der Waals surface area (Å²) in [5.74, 6) is -1.84. The molecule has 2 aromatic heterocycles. The van der Waals surface area contributed by atoms with E-state index in [0.29, 0.717) is 24.8 Å². The quantitative estimate of drug-likeness (QED) is 0.748. The Labute approximate surface area is 132 Å². The smallest absolute Gasteiger partial charge is 0.159 e. The number of hydrogen-bond donors (Lipinski definition) is 1. The lowest BCUT2D eigenvalue weighted by Gasteiger charge is -2.32. The summed E-state index contributed by atoms with van der Waals surface area (Å²) in [4.78, 5) is 0. The summed E-state index contributed by atoms with van der Waals surface area (Å²) < 4.78 is 28.5. The third-order valence-corrected chi connectivity index (χ3v) is 4.66. The number of aliphatic hydroxyl groups is 1. The molecule has 0 spiro atoms. The highest BCUT2D eigenvalue weighted by Gasteiger charge is 2.36. The molecule has 23 heavy (non-hydrogen) atoms. The lowest BCUT2D eigenvalue weighted by Crippen LogP contribution is -2.33. The Morgan fingerprint density at radius 1 is 1.17 bits per heavy atom. The summed E-state index contributed by atoms with van der Waals surface area (Å²) in [6, 6.07) is 7.60. The Morgan fingerprint density at radius 2 is 2.00 bits per heavy atom. The van der Waals surface area contributed by atoms with Gasteiger partial charge in [0.05, 0.1) is 16.8 Å². The number of aryl methyl sites for hydroxylation is 2. The van der Waals surface area contributed by atoms with Gasteiger partial charge in [0.25, 0.3) is 0 Å². The summed E-state index contributed by atoms with van der Waals surface area (Å²) >= 11 is 0. The average Bonchev–Trinajstić information content (AvgIpc) is 2.86. The van der Waals surface area contributed by atoms with Crippen LogP contribution in [0.4, 0.5) is 8.78 Å². The van der Waals surface area contributed by atoms with Gasteiger partial charge in [0.15, 0.2) is 11.6 Å². The predicted molar refractivity (Wildman–Crippen MR) is 82.2 cm³/mol. The first-order chi connectivity index (χ1) is 11.0. The molecule has 1 aromatic carbocycles. The Kier molecular flexibility index (Phi) is 3.03. The van der Waals surface area contributed by atoms with Gasteiger partial charge in [-0.2, -0.15) is 5.10 Å². The molecule has 0 amide bonds. The fraction of sp³-hybridized carbons (Fsp3) is 0.278. The first-order valence-corrected chi connectivity index (χ1v) is 7.61. The number of nitrogens with zero attached hydrogens (tertiary/aromatic N) is 2. The van der Waals surface area contributed by atoms with E-state index in [2.05, 4.69) is 5.10 Å². The fourth-order valence-electron chi connectivity index (χ4n) is 3.38. The molecule has 1 aliphatic rings. The van der Waals surface area contributed by atoms with Crippen molar-refractivity contribution < 1.29 is 13.9 Å². The van der Waals surface area contributed by atoms with Gasteiger partial charge in [-0.3, -0.25) is 0 Å². The normalized spacial score (nSPS) is 20.7. The molecule has 3 nitrogen and oxygen atoms in total. The van der Waals surface area contributed by atoms with Gasteiger partial charge in [0.1, 0.15) is 0 Å². The second kappa shape index (κ2) is 4.86. The van der Waals surface area contributed by atoms with Crippen LogP contribution in [0.3, 0.4) is 0 Å². The molecule has 0 radical (unpaired) electrons. The van der Waals surface area contributed by atoms with Crippen molar-refractivity contribution >= 4 is 5.52 Å². The summed E-state index contributed by atoms with van der Waals surface area (Å²) in [7, 11) is 0. The van der Waals surface area contributed by atoms with Crippen molar-refractivity contribution in [1.29, 1.82) is 0 Å². The van der Waals surface area contributed by atoms with Crippen LogP contribution in [0.15, 0.2) is 36.5 Å². The van der Waals surface area contributed by atoms with Gasteiger partial charge in [-0.25, -0.2) is 13.3 Å². The molecule has 0 bridgehead atoms. The molecule has 2 heterocycles. The van der Waals surface area contributed by atoms with Gasteiger partial charge >= 0.3 is 0 Å². The molecule has 1 unspecified atom stereocenters. The average molecular weight is 314 g/mol. The van der Waals surface area contributed by atoms with Crippen molar-refractivity contribution in [2.24, 2.45) is 0 Å². The van der Waals surface area contributed by atoms with Crippen molar-refractivity contribution in [2.75, 3.05) is 0 Å². The predicted octanol–water partition coefficient (Wildman–Crippen LogP) is 3.30. The van der Waals surface area contributed by atoms with Crippen LogP contribution in [0, 0.1) is 18.6 Å². The van der Waals surface area contributed by atoms with Crippen LogP contribution in [-0.2, 0) is 18.4 Å². The third kappa shape index (κ3) is 2.23. The van der Waals surface area contributed by atoms with E-state index >= 15 is 0 Å². The highest BCUT2D eigenvalue weighted by atomic mass is 19.2. The van der Waals surface area contributed by atoms with E-state index in [1.165, 1.54) is 6.07 Å². The number of halogens is 2. The molecule has 1 atom stereocenters. The van der Waals surface area contributed by atoms with E-state index in [0.717, 1.165) is 34.5 Å². The highest BCUT2D eigenvalue weighted by molar-refractivity contribution is 5.59. The number of rotatable bonds is 1. The van der Waals surface area contributed by atoms with Crippen LogP contribution in [0.1, 0.15) is 28.8 Å². The van der Waals surface area contributed by atoms with Gasteiger partial charge < -0.3 is 5.11 Å². The van der Waals surface area contributed by atoms with Gasteiger partial charge in [0.2, 0.25) is 0 Å². The zero-order chi connectivity index (χ0) is 16.2. The molecule has 1 N–H and O–H groups in total. The van der Waals surface area contributed by atoms with Crippen LogP contribution in [0.25, 0.3) is 5.52 Å². The second-order valence-electron chi connectivity index (χ2n) is 6.30. The van der Waals surface area contributed by atoms with Gasteiger partial charge in [-0.15, -0.1) is 0 Å². The number of pyridine rings is 1. The van der Waals surface area contributed by atoms with Gasteiger partial charge in [-0.1, -0.05) is 12.1 Å². The molecule has 0 fully saturated rings. The zero-order valence-corrected chi connectivity index (χ0v) is 12.7. The maximum atomic E-state index is 13.5. The lowest BCUT2D eigenvalue weighted by atomic mass is 9.78. The minimum Gasteiger partial charge on any atom is -0.385 e. The SMILES string of the molecule is Cc1ccc2c3c(nn2c1)CCC(O)(c1ccc(F)c(F)c1)C3. The van der Waals surface area contributed by atoms with Crippen LogP contribution in [-0.4, -0.2) is 14.7 Å². The zero-order valence-electron chi connectivity index (χ0n) is 12.7. The molecular formula is C18H16F2N2O. The molecule has 118 valence electrons. The summed E-state index contributed by atoms with van der Waals surface area (Å²) in [6.45, 7) is 2.00. The van der Waals surface area contributed by atoms with Crippen molar-refractivity contribution in [1.82, 2.24) is 9.61 Å². The molecular weight excluding hydrogens is 298 g/mol. The molecule has 0 aliphatic heterocycles. The van der Waals surface area contributed by atoms with Crippen LogP contribution in [0.2, 0.25) is 0 Å². The molecule has 4 rings (SSSR count). The molecule has 1 aliphatic carbocycles.